The quantitative estimate of drug-likeness (QED) is 0.754. The molecule has 0 fully saturated rings. The number of carboxylic acids is 1. The fourth-order valence-corrected chi connectivity index (χ4v) is 1.88. The first-order valence-corrected chi connectivity index (χ1v) is 6.32. The molecule has 1 rings (SSSR count). The largest absolute Gasteiger partial charge is 0.488 e. The molecular weight excluding hydrogens is 266 g/mol. The Morgan fingerprint density at radius 2 is 2.26 bits per heavy atom. The van der Waals surface area contributed by atoms with Gasteiger partial charge in [0.1, 0.15) is 12.4 Å². The molecule has 1 atom stereocenters. The summed E-state index contributed by atoms with van der Waals surface area (Å²) in [5, 5.41) is 9.09. The number of carbonyl (C=O) groups is 1. The lowest BCUT2D eigenvalue weighted by atomic mass is 10.0. The van der Waals surface area contributed by atoms with Crippen molar-refractivity contribution in [2.24, 2.45) is 5.73 Å². The number of nitrogens with two attached hydrogens (primary N) is 1. The van der Waals surface area contributed by atoms with E-state index in [1.165, 1.54) is 0 Å². The average molecular weight is 284 g/mol. The predicted molar refractivity (Wildman–Crippen MR) is 75.6 cm³/mol. The van der Waals surface area contributed by atoms with Crippen LogP contribution in [0.25, 0.3) is 0 Å². The number of rotatable bonds is 7. The molecule has 0 heterocycles. The van der Waals surface area contributed by atoms with E-state index in [0.717, 1.165) is 5.57 Å². The smallest absolute Gasteiger partial charge is 0.303 e. The summed E-state index contributed by atoms with van der Waals surface area (Å²) in [4.78, 5) is 10.5. The monoisotopic (exact) mass is 283 g/mol. The first-order chi connectivity index (χ1) is 8.91. The normalized spacial score (nSPS) is 11.9. The van der Waals surface area contributed by atoms with E-state index in [9.17, 15) is 4.79 Å². The first-order valence-electron chi connectivity index (χ1n) is 5.94. The van der Waals surface area contributed by atoms with Crippen molar-refractivity contribution >= 4 is 17.6 Å². The Morgan fingerprint density at radius 1 is 1.58 bits per heavy atom. The van der Waals surface area contributed by atoms with E-state index in [4.69, 9.17) is 27.2 Å². The molecule has 1 aromatic rings. The van der Waals surface area contributed by atoms with Gasteiger partial charge in [-0.2, -0.15) is 0 Å². The molecule has 0 aliphatic heterocycles. The van der Waals surface area contributed by atoms with Crippen molar-refractivity contribution in [3.05, 3.63) is 40.9 Å². The zero-order valence-corrected chi connectivity index (χ0v) is 11.6. The van der Waals surface area contributed by atoms with Crippen LogP contribution in [-0.4, -0.2) is 17.7 Å². The molecule has 0 saturated heterocycles. The van der Waals surface area contributed by atoms with Crippen molar-refractivity contribution in [1.82, 2.24) is 0 Å². The lowest BCUT2D eigenvalue weighted by Crippen LogP contribution is -2.13. The third-order valence-electron chi connectivity index (χ3n) is 2.54. The Labute approximate surface area is 117 Å². The molecule has 0 aliphatic rings. The van der Waals surface area contributed by atoms with Crippen molar-refractivity contribution in [1.29, 1.82) is 0 Å². The van der Waals surface area contributed by atoms with Crippen LogP contribution in [0, 0.1) is 0 Å². The number of hydrogen-bond acceptors (Lipinski definition) is 3. The number of carboxylic acid groups (broad SMARTS) is 1. The van der Waals surface area contributed by atoms with Crippen molar-refractivity contribution < 1.29 is 14.6 Å². The van der Waals surface area contributed by atoms with Crippen molar-refractivity contribution in [3.63, 3.8) is 0 Å². The molecule has 1 aromatic carbocycles. The van der Waals surface area contributed by atoms with E-state index in [1.807, 2.05) is 6.92 Å². The predicted octanol–water partition coefficient (Wildman–Crippen LogP) is 3.16. The van der Waals surface area contributed by atoms with Crippen LogP contribution in [0.1, 0.15) is 31.4 Å². The van der Waals surface area contributed by atoms with Crippen LogP contribution in [0.2, 0.25) is 5.02 Å². The van der Waals surface area contributed by atoms with Gasteiger partial charge in [-0.1, -0.05) is 30.3 Å². The van der Waals surface area contributed by atoms with E-state index in [1.54, 1.807) is 18.2 Å². The van der Waals surface area contributed by atoms with E-state index < -0.39 is 12.0 Å². The summed E-state index contributed by atoms with van der Waals surface area (Å²) in [5.74, 6) is -0.339. The summed E-state index contributed by atoms with van der Waals surface area (Å²) in [7, 11) is 0. The zero-order chi connectivity index (χ0) is 14.4. The summed E-state index contributed by atoms with van der Waals surface area (Å²) in [6, 6.07) is 4.90. The maximum Gasteiger partial charge on any atom is 0.303 e. The van der Waals surface area contributed by atoms with Crippen LogP contribution in [-0.2, 0) is 4.79 Å². The lowest BCUT2D eigenvalue weighted by Gasteiger charge is -2.15. The van der Waals surface area contributed by atoms with Gasteiger partial charge in [0.05, 0.1) is 5.02 Å². The molecule has 19 heavy (non-hydrogen) atoms. The number of ether oxygens (including phenoxy) is 1. The van der Waals surface area contributed by atoms with Gasteiger partial charge in [-0.15, -0.1) is 0 Å². The Morgan fingerprint density at radius 3 is 2.84 bits per heavy atom. The second-order valence-electron chi connectivity index (χ2n) is 4.44. The molecule has 0 aliphatic carbocycles. The van der Waals surface area contributed by atoms with E-state index in [-0.39, 0.29) is 6.42 Å². The van der Waals surface area contributed by atoms with Crippen LogP contribution in [0.5, 0.6) is 5.75 Å². The minimum absolute atomic E-state index is 0.00828. The van der Waals surface area contributed by atoms with E-state index in [2.05, 4.69) is 6.58 Å². The molecule has 1 unspecified atom stereocenters. The van der Waals surface area contributed by atoms with Crippen molar-refractivity contribution in [2.45, 2.75) is 25.8 Å². The Hall–Kier alpha value is -1.52. The summed E-state index contributed by atoms with van der Waals surface area (Å²) in [6.07, 6.45) is 0.341. The molecule has 3 N–H and O–H groups in total. The van der Waals surface area contributed by atoms with Crippen LogP contribution >= 0.6 is 11.6 Å². The van der Waals surface area contributed by atoms with Crippen LogP contribution in [0.4, 0.5) is 0 Å². The number of halogens is 1. The highest BCUT2D eigenvalue weighted by Gasteiger charge is 2.15. The Bertz CT molecular complexity index is 474. The molecule has 0 saturated carbocycles. The molecule has 0 amide bonds. The molecule has 0 aromatic heterocycles. The summed E-state index contributed by atoms with van der Waals surface area (Å²) < 4.78 is 5.51. The fraction of sp³-hybridized carbons (Fsp3) is 0.357. The van der Waals surface area contributed by atoms with Crippen LogP contribution in [0.3, 0.4) is 0 Å². The molecular formula is C14H18ClNO3. The molecule has 0 radical (unpaired) electrons. The molecule has 5 heteroatoms. The molecule has 4 nitrogen and oxygen atoms in total. The highest BCUT2D eigenvalue weighted by molar-refractivity contribution is 6.32. The maximum absolute atomic E-state index is 10.5. The molecule has 0 spiro atoms. The minimum atomic E-state index is -0.874. The van der Waals surface area contributed by atoms with Gasteiger partial charge in [-0.25, -0.2) is 0 Å². The van der Waals surface area contributed by atoms with Crippen molar-refractivity contribution in [2.75, 3.05) is 6.61 Å². The number of hydrogen-bond donors (Lipinski definition) is 2. The van der Waals surface area contributed by atoms with Gasteiger partial charge < -0.3 is 15.6 Å². The third kappa shape index (κ3) is 4.93. The number of aliphatic carboxylic acids is 1. The molecule has 104 valence electrons. The minimum Gasteiger partial charge on any atom is -0.488 e. The van der Waals surface area contributed by atoms with Gasteiger partial charge in [-0.05, 0) is 30.5 Å². The highest BCUT2D eigenvalue weighted by Crippen LogP contribution is 2.32. The van der Waals surface area contributed by atoms with Gasteiger partial charge in [-0.3, -0.25) is 4.79 Å². The topological polar surface area (TPSA) is 72.5 Å². The Kier molecular flexibility index (Phi) is 5.86. The second kappa shape index (κ2) is 7.16. The van der Waals surface area contributed by atoms with Crippen molar-refractivity contribution in [3.8, 4) is 5.75 Å². The Balaban J connectivity index is 2.81. The van der Waals surface area contributed by atoms with Crippen LogP contribution < -0.4 is 10.5 Å². The second-order valence-corrected chi connectivity index (χ2v) is 4.82. The van der Waals surface area contributed by atoms with Crippen LogP contribution in [0.15, 0.2) is 30.4 Å². The highest BCUT2D eigenvalue weighted by atomic mass is 35.5. The summed E-state index contributed by atoms with van der Waals surface area (Å²) in [5.41, 5.74) is 7.53. The van der Waals surface area contributed by atoms with Gasteiger partial charge in [0.25, 0.3) is 0 Å². The average Bonchev–Trinajstić information content (AvgIpc) is 2.34. The summed E-state index contributed by atoms with van der Waals surface area (Å²) in [6.45, 7) is 5.99. The SMILES string of the molecule is C=C(C)COc1cccc(C(N)CCC(=O)O)c1Cl. The molecule has 0 bridgehead atoms. The van der Waals surface area contributed by atoms with Gasteiger partial charge in [0, 0.05) is 12.5 Å². The first kappa shape index (κ1) is 15.5. The van der Waals surface area contributed by atoms with Gasteiger partial charge in [0.2, 0.25) is 0 Å². The zero-order valence-electron chi connectivity index (χ0n) is 10.9. The number of benzene rings is 1. The standard InChI is InChI=1S/C14H18ClNO3/c1-9(2)8-19-12-5-3-4-10(14(12)15)11(16)6-7-13(17)18/h3-5,11H,1,6-8,16H2,2H3,(H,17,18). The van der Waals surface area contributed by atoms with E-state index in [0.29, 0.717) is 29.4 Å². The lowest BCUT2D eigenvalue weighted by molar-refractivity contribution is -0.137. The fourth-order valence-electron chi connectivity index (χ4n) is 1.56. The third-order valence-corrected chi connectivity index (χ3v) is 2.94. The van der Waals surface area contributed by atoms with Gasteiger partial charge in [0.15, 0.2) is 0 Å². The summed E-state index contributed by atoms with van der Waals surface area (Å²) >= 11 is 6.22. The maximum atomic E-state index is 10.5. The van der Waals surface area contributed by atoms with E-state index >= 15 is 0 Å². The van der Waals surface area contributed by atoms with Gasteiger partial charge >= 0.3 is 5.97 Å².